The molecule has 0 spiro atoms. The molecular formula is C10H17CaO7S. The first kappa shape index (κ1) is 21.2. The van der Waals surface area contributed by atoms with E-state index in [0.717, 1.165) is 6.08 Å². The van der Waals surface area contributed by atoms with E-state index in [1.165, 1.54) is 6.92 Å². The Balaban J connectivity index is 0. The van der Waals surface area contributed by atoms with Crippen LogP contribution in [0.4, 0.5) is 0 Å². The third kappa shape index (κ3) is 7.88. The molecule has 19 heavy (non-hydrogen) atoms. The SMILES string of the molecule is [CH2]C(C(CC(=O)O)C(C)OC(=O)C=C)S(=O)(=O)O.[CaH2]. The molecule has 0 bridgehead atoms. The van der Waals surface area contributed by atoms with E-state index in [-0.39, 0.29) is 37.7 Å². The first-order chi connectivity index (χ1) is 8.09. The molecule has 7 nitrogen and oxygen atoms in total. The first-order valence-electron chi connectivity index (χ1n) is 4.93. The van der Waals surface area contributed by atoms with E-state index in [4.69, 9.17) is 14.4 Å². The van der Waals surface area contributed by atoms with Gasteiger partial charge in [-0.05, 0) is 13.8 Å². The van der Waals surface area contributed by atoms with Crippen molar-refractivity contribution in [3.05, 3.63) is 19.6 Å². The van der Waals surface area contributed by atoms with E-state index < -0.39 is 45.7 Å². The van der Waals surface area contributed by atoms with Gasteiger partial charge in [0.05, 0.1) is 11.7 Å². The van der Waals surface area contributed by atoms with Gasteiger partial charge in [-0.3, -0.25) is 9.35 Å². The monoisotopic (exact) mass is 321 g/mol. The van der Waals surface area contributed by atoms with Crippen LogP contribution in [0.2, 0.25) is 0 Å². The fourth-order valence-electron chi connectivity index (χ4n) is 1.34. The van der Waals surface area contributed by atoms with E-state index in [2.05, 4.69) is 13.5 Å². The van der Waals surface area contributed by atoms with Crippen LogP contribution in [0, 0.1) is 12.8 Å². The fraction of sp³-hybridized carbons (Fsp3) is 0.500. The zero-order valence-electron chi connectivity index (χ0n) is 9.77. The van der Waals surface area contributed by atoms with Gasteiger partial charge in [0.2, 0.25) is 0 Å². The molecule has 0 fully saturated rings. The molecule has 0 aliphatic heterocycles. The summed E-state index contributed by atoms with van der Waals surface area (Å²) in [6.45, 7) is 7.67. The van der Waals surface area contributed by atoms with Crippen molar-refractivity contribution in [2.24, 2.45) is 5.92 Å². The Bertz CT molecular complexity index is 431. The third-order valence-corrected chi connectivity index (χ3v) is 3.46. The average molecular weight is 321 g/mol. The second kappa shape index (κ2) is 8.91. The van der Waals surface area contributed by atoms with Crippen molar-refractivity contribution in [2.45, 2.75) is 24.7 Å². The first-order valence-corrected chi connectivity index (χ1v) is 6.44. The van der Waals surface area contributed by atoms with E-state index in [9.17, 15) is 18.0 Å². The minimum atomic E-state index is -4.53. The maximum absolute atomic E-state index is 11.0. The Morgan fingerprint density at radius 1 is 1.42 bits per heavy atom. The molecule has 0 amide bonds. The molecule has 0 aliphatic rings. The van der Waals surface area contributed by atoms with Crippen molar-refractivity contribution < 1.29 is 32.4 Å². The predicted octanol–water partition coefficient (Wildman–Crippen LogP) is -0.631. The van der Waals surface area contributed by atoms with Gasteiger partial charge in [0, 0.05) is 12.0 Å². The van der Waals surface area contributed by atoms with Crippen molar-refractivity contribution in [1.29, 1.82) is 0 Å². The van der Waals surface area contributed by atoms with Gasteiger partial charge in [-0.25, -0.2) is 4.79 Å². The van der Waals surface area contributed by atoms with E-state index in [1.807, 2.05) is 0 Å². The van der Waals surface area contributed by atoms with E-state index in [1.54, 1.807) is 0 Å². The van der Waals surface area contributed by atoms with Gasteiger partial charge in [-0.2, -0.15) is 8.42 Å². The standard InChI is InChI=1S/C10H15O7S.Ca.2H/c1-4-10(13)17-6(2)8(5-9(11)12)7(3)18(14,15)16;;;/h4,6-8H,1,3,5H2,2H3,(H,11,12)(H,14,15,16);;;. The molecule has 0 saturated carbocycles. The normalized spacial score (nSPS) is 15.5. The molecule has 3 atom stereocenters. The molecule has 0 rings (SSSR count). The number of hydrogen-bond donors (Lipinski definition) is 2. The van der Waals surface area contributed by atoms with Crippen LogP contribution in [0.5, 0.6) is 0 Å². The van der Waals surface area contributed by atoms with Crippen molar-refractivity contribution in [3.8, 4) is 0 Å². The molecule has 3 unspecified atom stereocenters. The molecule has 1 radical (unpaired) electrons. The molecule has 0 aromatic carbocycles. The van der Waals surface area contributed by atoms with Crippen molar-refractivity contribution >= 4 is 59.8 Å². The zero-order valence-corrected chi connectivity index (χ0v) is 10.6. The Hall–Kier alpha value is -0.150. The predicted molar refractivity (Wildman–Crippen MR) is 70.7 cm³/mol. The van der Waals surface area contributed by atoms with E-state index >= 15 is 0 Å². The van der Waals surface area contributed by atoms with Gasteiger partial charge in [-0.1, -0.05) is 6.58 Å². The minimum absolute atomic E-state index is 0. The molecule has 2 N–H and O–H groups in total. The van der Waals surface area contributed by atoms with Gasteiger partial charge >= 0.3 is 49.7 Å². The number of esters is 1. The molecule has 0 saturated heterocycles. The van der Waals surface area contributed by atoms with Crippen LogP contribution in [-0.2, 0) is 24.4 Å². The van der Waals surface area contributed by atoms with Gasteiger partial charge < -0.3 is 9.84 Å². The molecule has 9 heteroatoms. The molecule has 0 aromatic rings. The number of carboxylic acid groups (broad SMARTS) is 1. The summed E-state index contributed by atoms with van der Waals surface area (Å²) < 4.78 is 35.5. The van der Waals surface area contributed by atoms with Gasteiger partial charge in [-0.15, -0.1) is 0 Å². The van der Waals surface area contributed by atoms with Crippen LogP contribution in [0.15, 0.2) is 12.7 Å². The van der Waals surface area contributed by atoms with Crippen LogP contribution < -0.4 is 0 Å². The van der Waals surface area contributed by atoms with Crippen LogP contribution >= 0.6 is 0 Å². The van der Waals surface area contributed by atoms with Crippen LogP contribution in [0.25, 0.3) is 0 Å². The summed E-state index contributed by atoms with van der Waals surface area (Å²) in [5, 5.41) is 7.06. The Kier molecular flexibility index (Phi) is 9.92. The number of aliphatic carboxylic acids is 1. The quantitative estimate of drug-likeness (QED) is 0.277. The topological polar surface area (TPSA) is 118 Å². The zero-order chi connectivity index (χ0) is 14.5. The summed E-state index contributed by atoms with van der Waals surface area (Å²) in [5.41, 5.74) is 0. The third-order valence-electron chi connectivity index (χ3n) is 2.34. The average Bonchev–Trinajstić information content (AvgIpc) is 2.22. The Morgan fingerprint density at radius 3 is 2.21 bits per heavy atom. The van der Waals surface area contributed by atoms with Gasteiger partial charge in [0.25, 0.3) is 10.1 Å². The van der Waals surface area contributed by atoms with E-state index in [0.29, 0.717) is 0 Å². The fourth-order valence-corrected chi connectivity index (χ4v) is 2.10. The van der Waals surface area contributed by atoms with Crippen LogP contribution in [0.3, 0.4) is 0 Å². The summed E-state index contributed by atoms with van der Waals surface area (Å²) >= 11 is 0. The number of ether oxygens (including phenoxy) is 1. The summed E-state index contributed by atoms with van der Waals surface area (Å²) in [6.07, 6.45) is -0.796. The number of carboxylic acids is 1. The van der Waals surface area contributed by atoms with Crippen molar-refractivity contribution in [1.82, 2.24) is 0 Å². The molecule has 107 valence electrons. The second-order valence-electron chi connectivity index (χ2n) is 3.66. The Labute approximate surface area is 141 Å². The maximum atomic E-state index is 11.0. The second-order valence-corrected chi connectivity index (χ2v) is 5.30. The molecule has 0 heterocycles. The van der Waals surface area contributed by atoms with Gasteiger partial charge in [0.1, 0.15) is 6.10 Å². The summed E-state index contributed by atoms with van der Waals surface area (Å²) in [6, 6.07) is 0. The van der Waals surface area contributed by atoms with Crippen LogP contribution in [0.1, 0.15) is 13.3 Å². The molecule has 0 aromatic heterocycles. The summed E-state index contributed by atoms with van der Waals surface area (Å²) in [5.74, 6) is -3.28. The number of rotatable bonds is 7. The number of carbonyl (C=O) groups is 2. The van der Waals surface area contributed by atoms with Gasteiger partial charge in [0.15, 0.2) is 0 Å². The molecular weight excluding hydrogens is 304 g/mol. The van der Waals surface area contributed by atoms with Crippen molar-refractivity contribution in [3.63, 3.8) is 0 Å². The number of hydrogen-bond acceptors (Lipinski definition) is 5. The van der Waals surface area contributed by atoms with Crippen molar-refractivity contribution in [2.75, 3.05) is 0 Å². The summed E-state index contributed by atoms with van der Waals surface area (Å²) in [7, 11) is -4.53. The Morgan fingerprint density at radius 2 is 1.89 bits per heavy atom. The number of carbonyl (C=O) groups excluding carboxylic acids is 1. The summed E-state index contributed by atoms with van der Waals surface area (Å²) in [4.78, 5) is 21.6. The van der Waals surface area contributed by atoms with Crippen LogP contribution in [-0.4, -0.2) is 79.1 Å². The molecule has 0 aliphatic carbocycles.